The van der Waals surface area contributed by atoms with E-state index in [1.165, 1.54) is 0 Å². The van der Waals surface area contributed by atoms with Crippen molar-refractivity contribution in [1.29, 1.82) is 0 Å². The lowest BCUT2D eigenvalue weighted by molar-refractivity contribution is 0.474. The second-order valence-electron chi connectivity index (χ2n) is 5.99. The molecule has 0 saturated heterocycles. The van der Waals surface area contributed by atoms with Gasteiger partial charge in [0.1, 0.15) is 17.3 Å². The lowest BCUT2D eigenvalue weighted by Gasteiger charge is -2.11. The van der Waals surface area contributed by atoms with Crippen LogP contribution in [-0.2, 0) is 13.0 Å². The largest absolute Gasteiger partial charge is 0.508 e. The molecule has 5 heteroatoms. The van der Waals surface area contributed by atoms with Crippen LogP contribution in [0.3, 0.4) is 0 Å². The first-order valence-electron chi connectivity index (χ1n) is 8.25. The standard InChI is InChI=1S/C20H21N3O2/c1-3-14-7-8-17(18(25)11-14)20-13(2)9-19(22-23-20)21-12-15-5-4-6-16(24)10-15/h4-11,24-25H,3,12H2,1-2H3,(H,21,22). The van der Waals surface area contributed by atoms with Gasteiger partial charge in [-0.2, -0.15) is 0 Å². The van der Waals surface area contributed by atoms with Crippen molar-refractivity contribution in [3.8, 4) is 22.8 Å². The molecular weight excluding hydrogens is 314 g/mol. The van der Waals surface area contributed by atoms with E-state index in [0.717, 1.165) is 23.1 Å². The Hall–Kier alpha value is -3.08. The quantitative estimate of drug-likeness (QED) is 0.656. The van der Waals surface area contributed by atoms with E-state index < -0.39 is 0 Å². The summed E-state index contributed by atoms with van der Waals surface area (Å²) < 4.78 is 0. The van der Waals surface area contributed by atoms with Crippen molar-refractivity contribution in [2.45, 2.75) is 26.8 Å². The van der Waals surface area contributed by atoms with Crippen molar-refractivity contribution in [2.24, 2.45) is 0 Å². The van der Waals surface area contributed by atoms with Crippen molar-refractivity contribution in [2.75, 3.05) is 5.32 Å². The fourth-order valence-electron chi connectivity index (χ4n) is 2.69. The van der Waals surface area contributed by atoms with Crippen molar-refractivity contribution >= 4 is 5.82 Å². The van der Waals surface area contributed by atoms with Gasteiger partial charge in [-0.15, -0.1) is 10.2 Å². The minimum Gasteiger partial charge on any atom is -0.508 e. The molecule has 5 nitrogen and oxygen atoms in total. The summed E-state index contributed by atoms with van der Waals surface area (Å²) in [7, 11) is 0. The average Bonchev–Trinajstić information content (AvgIpc) is 2.60. The fraction of sp³-hybridized carbons (Fsp3) is 0.200. The highest BCUT2D eigenvalue weighted by Gasteiger charge is 2.11. The summed E-state index contributed by atoms with van der Waals surface area (Å²) in [6.07, 6.45) is 0.871. The predicted molar refractivity (Wildman–Crippen MR) is 98.7 cm³/mol. The van der Waals surface area contributed by atoms with Crippen LogP contribution in [0.1, 0.15) is 23.6 Å². The minimum atomic E-state index is 0.220. The maximum atomic E-state index is 10.2. The third-order valence-corrected chi connectivity index (χ3v) is 4.09. The van der Waals surface area contributed by atoms with Gasteiger partial charge in [-0.1, -0.05) is 25.1 Å². The number of aromatic nitrogens is 2. The summed E-state index contributed by atoms with van der Waals surface area (Å²) in [5, 5.41) is 31.4. The molecule has 2 aromatic carbocycles. The lowest BCUT2D eigenvalue weighted by Crippen LogP contribution is -2.04. The van der Waals surface area contributed by atoms with Crippen LogP contribution in [0.25, 0.3) is 11.3 Å². The Labute approximate surface area is 147 Å². The van der Waals surface area contributed by atoms with E-state index in [1.807, 2.05) is 38.1 Å². The van der Waals surface area contributed by atoms with Crippen LogP contribution < -0.4 is 5.32 Å². The Bertz CT molecular complexity index is 894. The molecule has 0 unspecified atom stereocenters. The molecule has 0 amide bonds. The zero-order chi connectivity index (χ0) is 17.8. The van der Waals surface area contributed by atoms with Gasteiger partial charge in [0.15, 0.2) is 0 Å². The van der Waals surface area contributed by atoms with Gasteiger partial charge in [-0.25, -0.2) is 0 Å². The molecular formula is C20H21N3O2. The van der Waals surface area contributed by atoms with Crippen LogP contribution in [0.4, 0.5) is 5.82 Å². The van der Waals surface area contributed by atoms with Crippen molar-refractivity contribution in [3.05, 3.63) is 65.2 Å². The Morgan fingerprint density at radius 1 is 0.960 bits per heavy atom. The van der Waals surface area contributed by atoms with Gasteiger partial charge < -0.3 is 15.5 Å². The minimum absolute atomic E-state index is 0.220. The second-order valence-corrected chi connectivity index (χ2v) is 5.99. The van der Waals surface area contributed by atoms with Gasteiger partial charge in [0.2, 0.25) is 0 Å². The molecule has 0 aliphatic heterocycles. The maximum Gasteiger partial charge on any atom is 0.149 e. The molecule has 0 radical (unpaired) electrons. The van der Waals surface area contributed by atoms with E-state index >= 15 is 0 Å². The van der Waals surface area contributed by atoms with Gasteiger partial charge in [0, 0.05) is 12.1 Å². The monoisotopic (exact) mass is 335 g/mol. The highest BCUT2D eigenvalue weighted by Crippen LogP contribution is 2.31. The first-order chi connectivity index (χ1) is 12.1. The van der Waals surface area contributed by atoms with E-state index in [9.17, 15) is 10.2 Å². The van der Waals surface area contributed by atoms with Gasteiger partial charge in [-0.3, -0.25) is 0 Å². The van der Waals surface area contributed by atoms with Gasteiger partial charge in [0.25, 0.3) is 0 Å². The van der Waals surface area contributed by atoms with E-state index in [1.54, 1.807) is 24.3 Å². The molecule has 0 bridgehead atoms. The van der Waals surface area contributed by atoms with E-state index in [0.29, 0.717) is 23.6 Å². The van der Waals surface area contributed by atoms with E-state index in [-0.39, 0.29) is 11.5 Å². The summed E-state index contributed by atoms with van der Waals surface area (Å²) in [5.74, 6) is 1.11. The van der Waals surface area contributed by atoms with Crippen LogP contribution in [0.15, 0.2) is 48.5 Å². The Morgan fingerprint density at radius 3 is 2.48 bits per heavy atom. The molecule has 3 aromatic rings. The number of anilines is 1. The number of phenols is 2. The number of rotatable bonds is 5. The van der Waals surface area contributed by atoms with Crippen LogP contribution in [0, 0.1) is 6.92 Å². The maximum absolute atomic E-state index is 10.2. The molecule has 3 rings (SSSR count). The topological polar surface area (TPSA) is 78.3 Å². The Morgan fingerprint density at radius 2 is 1.80 bits per heavy atom. The summed E-state index contributed by atoms with van der Waals surface area (Å²) in [5.41, 5.74) is 4.31. The molecule has 0 saturated carbocycles. The molecule has 1 aromatic heterocycles. The number of aromatic hydroxyl groups is 2. The molecule has 0 aliphatic carbocycles. The first-order valence-corrected chi connectivity index (χ1v) is 8.25. The number of phenolic OH excluding ortho intramolecular Hbond substituents is 2. The Kier molecular flexibility index (Phi) is 4.84. The molecule has 0 spiro atoms. The van der Waals surface area contributed by atoms with Crippen molar-refractivity contribution < 1.29 is 10.2 Å². The molecule has 1 heterocycles. The van der Waals surface area contributed by atoms with Crippen LogP contribution in [-0.4, -0.2) is 20.4 Å². The molecule has 0 fully saturated rings. The van der Waals surface area contributed by atoms with Crippen LogP contribution in [0.5, 0.6) is 11.5 Å². The number of hydrogen-bond acceptors (Lipinski definition) is 5. The van der Waals surface area contributed by atoms with E-state index in [4.69, 9.17) is 0 Å². The van der Waals surface area contributed by atoms with Gasteiger partial charge >= 0.3 is 0 Å². The molecule has 0 atom stereocenters. The van der Waals surface area contributed by atoms with Crippen LogP contribution in [0.2, 0.25) is 0 Å². The lowest BCUT2D eigenvalue weighted by atomic mass is 10.0. The average molecular weight is 335 g/mol. The molecule has 128 valence electrons. The number of aryl methyl sites for hydroxylation is 2. The van der Waals surface area contributed by atoms with Crippen LogP contribution >= 0.6 is 0 Å². The normalized spacial score (nSPS) is 10.6. The number of hydrogen-bond donors (Lipinski definition) is 3. The second kappa shape index (κ2) is 7.21. The highest BCUT2D eigenvalue weighted by molar-refractivity contribution is 5.70. The highest BCUT2D eigenvalue weighted by atomic mass is 16.3. The van der Waals surface area contributed by atoms with Gasteiger partial charge in [-0.05, 0) is 60.4 Å². The molecule has 3 N–H and O–H groups in total. The Balaban J connectivity index is 1.79. The summed E-state index contributed by atoms with van der Waals surface area (Å²) in [6, 6.07) is 14.6. The first kappa shape index (κ1) is 16.8. The molecule has 25 heavy (non-hydrogen) atoms. The summed E-state index contributed by atoms with van der Waals surface area (Å²) >= 11 is 0. The third-order valence-electron chi connectivity index (χ3n) is 4.09. The summed E-state index contributed by atoms with van der Waals surface area (Å²) in [6.45, 7) is 4.53. The zero-order valence-corrected chi connectivity index (χ0v) is 14.3. The third kappa shape index (κ3) is 3.88. The number of nitrogens with zero attached hydrogens (tertiary/aromatic N) is 2. The van der Waals surface area contributed by atoms with Crippen molar-refractivity contribution in [3.63, 3.8) is 0 Å². The number of nitrogens with one attached hydrogen (secondary N) is 1. The predicted octanol–water partition coefficient (Wildman–Crippen LogP) is 4.04. The fourth-order valence-corrected chi connectivity index (χ4v) is 2.69. The number of benzene rings is 2. The van der Waals surface area contributed by atoms with Gasteiger partial charge in [0.05, 0.1) is 5.69 Å². The van der Waals surface area contributed by atoms with Crippen molar-refractivity contribution in [1.82, 2.24) is 10.2 Å². The summed E-state index contributed by atoms with van der Waals surface area (Å²) in [4.78, 5) is 0. The van der Waals surface area contributed by atoms with E-state index in [2.05, 4.69) is 15.5 Å². The SMILES string of the molecule is CCc1ccc(-c2nnc(NCc3cccc(O)c3)cc2C)c(O)c1. The smallest absolute Gasteiger partial charge is 0.149 e. The molecule has 0 aliphatic rings. The zero-order valence-electron chi connectivity index (χ0n) is 14.3.